The second kappa shape index (κ2) is 3.94. The standard InChI is InChI=1S/C8H19N2/c1-8(2,6-9-3)7-10(4)5/h9H,3,6-7H2,1-2,4-5H3. The maximum absolute atomic E-state index is 3.61. The summed E-state index contributed by atoms with van der Waals surface area (Å²) in [6.07, 6.45) is 0. The monoisotopic (exact) mass is 143 g/mol. The molecule has 0 spiro atoms. The van der Waals surface area contributed by atoms with Gasteiger partial charge in [0.1, 0.15) is 0 Å². The molecule has 0 heterocycles. The van der Waals surface area contributed by atoms with Crippen LogP contribution in [0.1, 0.15) is 13.8 Å². The van der Waals surface area contributed by atoms with Gasteiger partial charge in [-0.3, -0.25) is 0 Å². The molecule has 0 aromatic heterocycles. The minimum absolute atomic E-state index is 0.325. The molecule has 0 aromatic rings. The van der Waals surface area contributed by atoms with E-state index in [1.165, 1.54) is 0 Å². The molecule has 2 heteroatoms. The molecule has 0 rings (SSSR count). The van der Waals surface area contributed by atoms with Crippen LogP contribution in [0.3, 0.4) is 0 Å². The van der Waals surface area contributed by atoms with Crippen molar-refractivity contribution in [2.45, 2.75) is 13.8 Å². The molecule has 0 saturated carbocycles. The Morgan fingerprint density at radius 3 is 2.20 bits per heavy atom. The van der Waals surface area contributed by atoms with E-state index >= 15 is 0 Å². The van der Waals surface area contributed by atoms with Gasteiger partial charge in [0.2, 0.25) is 0 Å². The highest BCUT2D eigenvalue weighted by Crippen LogP contribution is 2.13. The summed E-state index contributed by atoms with van der Waals surface area (Å²) in [5.74, 6) is 0. The maximum atomic E-state index is 3.61. The van der Waals surface area contributed by atoms with Gasteiger partial charge in [-0.15, -0.1) is 0 Å². The van der Waals surface area contributed by atoms with Crippen molar-refractivity contribution in [1.29, 1.82) is 0 Å². The topological polar surface area (TPSA) is 15.3 Å². The second-order valence-electron chi connectivity index (χ2n) is 3.83. The number of rotatable bonds is 4. The Hall–Kier alpha value is -0.0800. The number of hydrogen-bond donors (Lipinski definition) is 1. The van der Waals surface area contributed by atoms with Crippen molar-refractivity contribution in [2.75, 3.05) is 27.2 Å². The molecule has 0 unspecified atom stereocenters. The largest absolute Gasteiger partial charge is 0.315 e. The van der Waals surface area contributed by atoms with Crippen LogP contribution in [0.5, 0.6) is 0 Å². The number of nitrogens with zero attached hydrogens (tertiary/aromatic N) is 1. The second-order valence-corrected chi connectivity index (χ2v) is 3.83. The van der Waals surface area contributed by atoms with Crippen LogP contribution >= 0.6 is 0 Å². The molecular weight excluding hydrogens is 124 g/mol. The Kier molecular flexibility index (Phi) is 3.91. The number of hydrogen-bond acceptors (Lipinski definition) is 2. The first-order chi connectivity index (χ1) is 4.48. The van der Waals surface area contributed by atoms with E-state index in [2.05, 4.69) is 45.2 Å². The van der Waals surface area contributed by atoms with Gasteiger partial charge in [0.15, 0.2) is 0 Å². The molecule has 2 nitrogen and oxygen atoms in total. The van der Waals surface area contributed by atoms with Gasteiger partial charge < -0.3 is 10.2 Å². The highest BCUT2D eigenvalue weighted by Gasteiger charge is 2.16. The zero-order chi connectivity index (χ0) is 8.20. The van der Waals surface area contributed by atoms with E-state index in [0.29, 0.717) is 5.41 Å². The molecule has 0 atom stereocenters. The smallest absolute Gasteiger partial charge is 0.00769 e. The van der Waals surface area contributed by atoms with Crippen LogP contribution in [0.2, 0.25) is 0 Å². The molecule has 0 aliphatic heterocycles. The first kappa shape index (κ1) is 9.92. The quantitative estimate of drug-likeness (QED) is 0.630. The van der Waals surface area contributed by atoms with Crippen molar-refractivity contribution in [3.8, 4) is 0 Å². The Bertz CT molecular complexity index is 87.3. The lowest BCUT2D eigenvalue weighted by Crippen LogP contribution is -2.35. The van der Waals surface area contributed by atoms with E-state index < -0.39 is 0 Å². The minimum atomic E-state index is 0.325. The van der Waals surface area contributed by atoms with Crippen LogP contribution in [0.25, 0.3) is 0 Å². The molecule has 0 aliphatic carbocycles. The van der Waals surface area contributed by atoms with E-state index in [0.717, 1.165) is 13.1 Å². The van der Waals surface area contributed by atoms with Gasteiger partial charge in [-0.05, 0) is 19.5 Å². The highest BCUT2D eigenvalue weighted by atomic mass is 15.1. The van der Waals surface area contributed by atoms with E-state index in [1.807, 2.05) is 0 Å². The first-order valence-corrected chi connectivity index (χ1v) is 3.62. The lowest BCUT2D eigenvalue weighted by atomic mass is 9.93. The summed E-state index contributed by atoms with van der Waals surface area (Å²) < 4.78 is 0. The summed E-state index contributed by atoms with van der Waals surface area (Å²) in [6.45, 7) is 6.51. The van der Waals surface area contributed by atoms with Gasteiger partial charge in [0.05, 0.1) is 0 Å². The maximum Gasteiger partial charge on any atom is 0.00769 e. The Balaban J connectivity index is 3.63. The van der Waals surface area contributed by atoms with Gasteiger partial charge in [0.25, 0.3) is 0 Å². The van der Waals surface area contributed by atoms with Crippen molar-refractivity contribution in [3.63, 3.8) is 0 Å². The first-order valence-electron chi connectivity index (χ1n) is 3.62. The minimum Gasteiger partial charge on any atom is -0.315 e. The molecule has 10 heavy (non-hydrogen) atoms. The van der Waals surface area contributed by atoms with Gasteiger partial charge in [-0.1, -0.05) is 13.8 Å². The van der Waals surface area contributed by atoms with Gasteiger partial charge in [0, 0.05) is 20.1 Å². The molecule has 1 N–H and O–H groups in total. The van der Waals surface area contributed by atoms with Gasteiger partial charge >= 0.3 is 0 Å². The van der Waals surface area contributed by atoms with Crippen LogP contribution in [0.4, 0.5) is 0 Å². The van der Waals surface area contributed by atoms with Crippen molar-refractivity contribution < 1.29 is 0 Å². The molecule has 1 radical (unpaired) electrons. The summed E-state index contributed by atoms with van der Waals surface area (Å²) in [4.78, 5) is 2.19. The summed E-state index contributed by atoms with van der Waals surface area (Å²) in [7, 11) is 7.79. The Morgan fingerprint density at radius 2 is 1.90 bits per heavy atom. The SMILES string of the molecule is [CH2]NCC(C)(C)CN(C)C. The van der Waals surface area contributed by atoms with E-state index in [9.17, 15) is 0 Å². The molecule has 0 aliphatic rings. The van der Waals surface area contributed by atoms with E-state index in [4.69, 9.17) is 0 Å². The third-order valence-electron chi connectivity index (χ3n) is 1.35. The number of nitrogens with one attached hydrogen (secondary N) is 1. The summed E-state index contributed by atoms with van der Waals surface area (Å²) in [6, 6.07) is 0. The van der Waals surface area contributed by atoms with Crippen LogP contribution in [0.15, 0.2) is 0 Å². The van der Waals surface area contributed by atoms with Crippen LogP contribution in [0, 0.1) is 12.5 Å². The average Bonchev–Trinajstić information content (AvgIpc) is 1.59. The lowest BCUT2D eigenvalue weighted by molar-refractivity contribution is 0.239. The molecular formula is C8H19N2. The highest BCUT2D eigenvalue weighted by molar-refractivity contribution is 4.73. The summed E-state index contributed by atoms with van der Waals surface area (Å²) in [5.41, 5.74) is 0.325. The molecule has 61 valence electrons. The fourth-order valence-electron chi connectivity index (χ4n) is 1.25. The van der Waals surface area contributed by atoms with Crippen molar-refractivity contribution in [3.05, 3.63) is 7.05 Å². The fraction of sp³-hybridized carbons (Fsp3) is 0.875. The van der Waals surface area contributed by atoms with Crippen molar-refractivity contribution in [1.82, 2.24) is 10.2 Å². The normalized spacial score (nSPS) is 12.6. The van der Waals surface area contributed by atoms with E-state index in [1.54, 1.807) is 0 Å². The third kappa shape index (κ3) is 4.77. The van der Waals surface area contributed by atoms with Gasteiger partial charge in [-0.25, -0.2) is 0 Å². The van der Waals surface area contributed by atoms with Crippen LogP contribution in [-0.2, 0) is 0 Å². The Labute approximate surface area is 64.6 Å². The zero-order valence-corrected chi connectivity index (χ0v) is 7.57. The predicted octanol–water partition coefficient (Wildman–Crippen LogP) is 0.955. The Morgan fingerprint density at radius 1 is 1.40 bits per heavy atom. The van der Waals surface area contributed by atoms with Crippen LogP contribution < -0.4 is 5.32 Å². The molecule has 0 bridgehead atoms. The molecule has 0 aromatic carbocycles. The average molecular weight is 143 g/mol. The molecule has 0 amide bonds. The zero-order valence-electron chi connectivity index (χ0n) is 7.57. The predicted molar refractivity (Wildman–Crippen MR) is 45.7 cm³/mol. The molecule has 0 fully saturated rings. The van der Waals surface area contributed by atoms with E-state index in [-0.39, 0.29) is 0 Å². The lowest BCUT2D eigenvalue weighted by Gasteiger charge is -2.27. The molecule has 0 saturated heterocycles. The van der Waals surface area contributed by atoms with Crippen molar-refractivity contribution >= 4 is 0 Å². The fourth-order valence-corrected chi connectivity index (χ4v) is 1.25. The van der Waals surface area contributed by atoms with Crippen molar-refractivity contribution in [2.24, 2.45) is 5.41 Å². The van der Waals surface area contributed by atoms with Crippen LogP contribution in [-0.4, -0.2) is 32.1 Å². The van der Waals surface area contributed by atoms with Gasteiger partial charge in [-0.2, -0.15) is 0 Å². The summed E-state index contributed by atoms with van der Waals surface area (Å²) >= 11 is 0. The third-order valence-corrected chi connectivity index (χ3v) is 1.35. The summed E-state index contributed by atoms with van der Waals surface area (Å²) in [5, 5.41) is 2.94.